The minimum absolute atomic E-state index is 0.0105. The Labute approximate surface area is 182 Å². The molecule has 1 aliphatic rings. The predicted molar refractivity (Wildman–Crippen MR) is 122 cm³/mol. The number of hydrogen-bond donors (Lipinski definition) is 3. The number of carbonyl (C=O) groups is 2. The fraction of sp³-hybridized carbons (Fsp3) is 0.864. The lowest BCUT2D eigenvalue weighted by atomic mass is 10.0. The summed E-state index contributed by atoms with van der Waals surface area (Å²) in [5.41, 5.74) is -0.511. The molecule has 0 heterocycles. The molecule has 1 fully saturated rings. The molecular weight excluding hydrogens is 382 g/mol. The molecular formula is C22H43N5O3. The molecule has 1 saturated carbocycles. The number of ether oxygens (including phenoxy) is 1. The molecule has 1 aliphatic carbocycles. The fourth-order valence-corrected chi connectivity index (χ4v) is 2.89. The van der Waals surface area contributed by atoms with Crippen molar-refractivity contribution in [2.75, 3.05) is 26.7 Å². The average molecular weight is 426 g/mol. The molecule has 0 aromatic rings. The zero-order valence-corrected chi connectivity index (χ0v) is 20.0. The maximum Gasteiger partial charge on any atom is 0.407 e. The topological polar surface area (TPSA) is 95.1 Å². The Kier molecular flexibility index (Phi) is 11.0. The number of carbonyl (C=O) groups excluding carboxylic acids is 2. The van der Waals surface area contributed by atoms with Crippen molar-refractivity contribution in [2.24, 2.45) is 10.9 Å². The van der Waals surface area contributed by atoms with Crippen molar-refractivity contribution in [2.45, 2.75) is 91.3 Å². The van der Waals surface area contributed by atoms with E-state index < -0.39 is 5.60 Å². The van der Waals surface area contributed by atoms with Crippen LogP contribution in [0.15, 0.2) is 4.99 Å². The molecule has 8 nitrogen and oxygen atoms in total. The Bertz CT molecular complexity index is 568. The van der Waals surface area contributed by atoms with Gasteiger partial charge in [-0.2, -0.15) is 0 Å². The lowest BCUT2D eigenvalue weighted by Crippen LogP contribution is -2.45. The first-order valence-corrected chi connectivity index (χ1v) is 11.3. The number of rotatable bonds is 11. The molecule has 174 valence electrons. The lowest BCUT2D eigenvalue weighted by molar-refractivity contribution is -0.121. The number of guanidine groups is 1. The van der Waals surface area contributed by atoms with Gasteiger partial charge in [-0.3, -0.25) is 9.79 Å². The molecule has 0 aromatic carbocycles. The summed E-state index contributed by atoms with van der Waals surface area (Å²) in [5.74, 6) is 1.23. The molecule has 0 radical (unpaired) electrons. The van der Waals surface area contributed by atoms with Crippen LogP contribution in [-0.2, 0) is 9.53 Å². The number of nitrogens with one attached hydrogen (secondary N) is 3. The van der Waals surface area contributed by atoms with Gasteiger partial charge >= 0.3 is 6.09 Å². The third kappa shape index (κ3) is 11.9. The van der Waals surface area contributed by atoms with Gasteiger partial charge in [-0.15, -0.1) is 0 Å². The number of hydrogen-bond acceptors (Lipinski definition) is 4. The highest BCUT2D eigenvalue weighted by atomic mass is 16.6. The van der Waals surface area contributed by atoms with Crippen LogP contribution in [0.2, 0.25) is 0 Å². The van der Waals surface area contributed by atoms with Crippen LogP contribution in [-0.4, -0.2) is 67.2 Å². The van der Waals surface area contributed by atoms with Crippen molar-refractivity contribution in [3.63, 3.8) is 0 Å². The molecule has 0 spiro atoms. The first-order valence-electron chi connectivity index (χ1n) is 11.3. The van der Waals surface area contributed by atoms with Crippen molar-refractivity contribution in [1.82, 2.24) is 20.9 Å². The van der Waals surface area contributed by atoms with Gasteiger partial charge in [0.15, 0.2) is 5.96 Å². The smallest absolute Gasteiger partial charge is 0.407 e. The Morgan fingerprint density at radius 2 is 1.90 bits per heavy atom. The van der Waals surface area contributed by atoms with E-state index in [1.165, 1.54) is 0 Å². The number of amides is 2. The van der Waals surface area contributed by atoms with Gasteiger partial charge in [-0.05, 0) is 59.3 Å². The molecule has 0 bridgehead atoms. The SMILES string of the molecule is CCNC(=NCCCC(=O)NC1CC1)N(C)CCC(NC(=O)OC(C)(C)C)C(C)C. The van der Waals surface area contributed by atoms with Crippen LogP contribution in [0.3, 0.4) is 0 Å². The Morgan fingerprint density at radius 1 is 1.23 bits per heavy atom. The van der Waals surface area contributed by atoms with Gasteiger partial charge in [0.1, 0.15) is 5.60 Å². The monoisotopic (exact) mass is 425 g/mol. The summed E-state index contributed by atoms with van der Waals surface area (Å²) in [6.07, 6.45) is 3.86. The van der Waals surface area contributed by atoms with Crippen molar-refractivity contribution in [1.29, 1.82) is 0 Å². The molecule has 1 atom stereocenters. The van der Waals surface area contributed by atoms with Crippen LogP contribution in [0.25, 0.3) is 0 Å². The van der Waals surface area contributed by atoms with Crippen molar-refractivity contribution < 1.29 is 14.3 Å². The first kappa shape index (κ1) is 26.0. The summed E-state index contributed by atoms with van der Waals surface area (Å²) >= 11 is 0. The Morgan fingerprint density at radius 3 is 2.43 bits per heavy atom. The summed E-state index contributed by atoms with van der Waals surface area (Å²) < 4.78 is 5.39. The third-order valence-electron chi connectivity index (χ3n) is 4.74. The van der Waals surface area contributed by atoms with Crippen LogP contribution >= 0.6 is 0 Å². The van der Waals surface area contributed by atoms with E-state index in [0.717, 1.165) is 44.7 Å². The van der Waals surface area contributed by atoms with Crippen LogP contribution < -0.4 is 16.0 Å². The fourth-order valence-electron chi connectivity index (χ4n) is 2.89. The molecule has 0 aliphatic heterocycles. The van der Waals surface area contributed by atoms with Gasteiger partial charge in [0, 0.05) is 45.2 Å². The average Bonchev–Trinajstić information content (AvgIpc) is 3.43. The number of aliphatic imine (C=N–C) groups is 1. The summed E-state index contributed by atoms with van der Waals surface area (Å²) in [6.45, 7) is 13.9. The third-order valence-corrected chi connectivity index (χ3v) is 4.74. The van der Waals surface area contributed by atoms with Gasteiger partial charge < -0.3 is 25.6 Å². The van der Waals surface area contributed by atoms with Crippen molar-refractivity contribution in [3.8, 4) is 0 Å². The largest absolute Gasteiger partial charge is 0.444 e. The number of alkyl carbamates (subject to hydrolysis) is 1. The van der Waals surface area contributed by atoms with Crippen LogP contribution in [0.4, 0.5) is 4.79 Å². The molecule has 0 aromatic heterocycles. The van der Waals surface area contributed by atoms with Gasteiger partial charge in [0.2, 0.25) is 5.91 Å². The maximum absolute atomic E-state index is 12.1. The quantitative estimate of drug-likeness (QED) is 0.269. The van der Waals surface area contributed by atoms with E-state index in [-0.39, 0.29) is 24.0 Å². The normalized spacial score (nSPS) is 15.5. The highest BCUT2D eigenvalue weighted by molar-refractivity contribution is 5.80. The van der Waals surface area contributed by atoms with Gasteiger partial charge in [0.05, 0.1) is 0 Å². The van der Waals surface area contributed by atoms with E-state index >= 15 is 0 Å². The lowest BCUT2D eigenvalue weighted by Gasteiger charge is -2.28. The Balaban J connectivity index is 2.48. The van der Waals surface area contributed by atoms with Crippen LogP contribution in [0.1, 0.15) is 73.6 Å². The minimum Gasteiger partial charge on any atom is -0.444 e. The zero-order chi connectivity index (χ0) is 22.7. The van der Waals surface area contributed by atoms with E-state index in [0.29, 0.717) is 19.0 Å². The zero-order valence-electron chi connectivity index (χ0n) is 20.0. The summed E-state index contributed by atoms with van der Waals surface area (Å²) in [6, 6.07) is 0.420. The molecule has 3 N–H and O–H groups in total. The van der Waals surface area contributed by atoms with E-state index in [1.807, 2.05) is 34.7 Å². The molecule has 2 amide bonds. The highest BCUT2D eigenvalue weighted by Crippen LogP contribution is 2.18. The summed E-state index contributed by atoms with van der Waals surface area (Å²) in [4.78, 5) is 30.6. The van der Waals surface area contributed by atoms with Gasteiger partial charge in [-0.1, -0.05) is 13.8 Å². The second-order valence-electron chi connectivity index (χ2n) is 9.39. The molecule has 30 heavy (non-hydrogen) atoms. The highest BCUT2D eigenvalue weighted by Gasteiger charge is 2.23. The van der Waals surface area contributed by atoms with E-state index in [4.69, 9.17) is 4.74 Å². The summed E-state index contributed by atoms with van der Waals surface area (Å²) in [7, 11) is 1.99. The Hall–Kier alpha value is -1.99. The molecule has 0 saturated heterocycles. The van der Waals surface area contributed by atoms with Crippen LogP contribution in [0, 0.1) is 5.92 Å². The molecule has 1 unspecified atom stereocenters. The molecule has 8 heteroatoms. The van der Waals surface area contributed by atoms with Crippen LogP contribution in [0.5, 0.6) is 0 Å². The second-order valence-corrected chi connectivity index (χ2v) is 9.39. The van der Waals surface area contributed by atoms with E-state index in [2.05, 4.69) is 39.7 Å². The second kappa shape index (κ2) is 12.6. The maximum atomic E-state index is 12.1. The van der Waals surface area contributed by atoms with Gasteiger partial charge in [0.25, 0.3) is 0 Å². The molecule has 1 rings (SSSR count). The summed E-state index contributed by atoms with van der Waals surface area (Å²) in [5, 5.41) is 9.30. The number of nitrogens with zero attached hydrogens (tertiary/aromatic N) is 2. The van der Waals surface area contributed by atoms with Crippen molar-refractivity contribution >= 4 is 18.0 Å². The standard InChI is InChI=1S/C22H43N5O3/c1-8-23-20(24-14-9-10-19(28)25-17-11-12-17)27(7)15-13-18(16(2)3)26-21(29)30-22(4,5)6/h16-18H,8-15H2,1-7H3,(H,23,24)(H,25,28)(H,26,29). The van der Waals surface area contributed by atoms with E-state index in [1.54, 1.807) is 0 Å². The minimum atomic E-state index is -0.511. The predicted octanol–water partition coefficient (Wildman–Crippen LogP) is 2.88. The first-order chi connectivity index (χ1) is 14.0. The van der Waals surface area contributed by atoms with Crippen molar-refractivity contribution in [3.05, 3.63) is 0 Å². The van der Waals surface area contributed by atoms with Gasteiger partial charge in [-0.25, -0.2) is 4.79 Å². The van der Waals surface area contributed by atoms with E-state index in [9.17, 15) is 9.59 Å².